The van der Waals surface area contributed by atoms with E-state index in [1.807, 2.05) is 11.8 Å². The summed E-state index contributed by atoms with van der Waals surface area (Å²) in [6, 6.07) is 0.288. The van der Waals surface area contributed by atoms with Gasteiger partial charge in [-0.3, -0.25) is 14.6 Å². The van der Waals surface area contributed by atoms with E-state index in [0.717, 1.165) is 83.5 Å². The smallest absolute Gasteiger partial charge is 0.305 e. The van der Waals surface area contributed by atoms with Gasteiger partial charge in [-0.25, -0.2) is 0 Å². The van der Waals surface area contributed by atoms with Crippen LogP contribution in [0.5, 0.6) is 0 Å². The predicted molar refractivity (Wildman–Crippen MR) is 136 cm³/mol. The minimum atomic E-state index is -0.0844. The summed E-state index contributed by atoms with van der Waals surface area (Å²) in [5.41, 5.74) is 0. The van der Waals surface area contributed by atoms with Gasteiger partial charge in [0.15, 0.2) is 5.96 Å². The van der Waals surface area contributed by atoms with E-state index in [9.17, 15) is 9.59 Å². The molecule has 0 aromatic rings. The molecule has 2 rings (SSSR count). The number of rotatable bonds is 12. The molecule has 2 N–H and O–H groups in total. The second-order valence-corrected chi connectivity index (χ2v) is 8.48. The molecule has 2 fully saturated rings. The van der Waals surface area contributed by atoms with Crippen LogP contribution in [-0.4, -0.2) is 61.6 Å². The zero-order valence-electron chi connectivity index (χ0n) is 19.5. The molecule has 8 heteroatoms. The van der Waals surface area contributed by atoms with E-state index in [1.54, 1.807) is 0 Å². The molecule has 1 aliphatic heterocycles. The summed E-state index contributed by atoms with van der Waals surface area (Å²) in [6.45, 7) is 7.66. The Bertz CT molecular complexity index is 553. The fourth-order valence-electron chi connectivity index (χ4n) is 4.36. The number of ether oxygens (including phenoxy) is 1. The fraction of sp³-hybridized carbons (Fsp3) is 0.870. The molecular weight excluding hydrogens is 507 g/mol. The molecule has 31 heavy (non-hydrogen) atoms. The van der Waals surface area contributed by atoms with E-state index in [-0.39, 0.29) is 41.9 Å². The molecule has 0 aromatic carbocycles. The van der Waals surface area contributed by atoms with Crippen LogP contribution in [0.15, 0.2) is 4.99 Å². The summed E-state index contributed by atoms with van der Waals surface area (Å²) in [5, 5.41) is 6.85. The number of carbonyl (C=O) groups excluding carboxylic acids is 2. The number of nitrogens with zero attached hydrogens (tertiary/aromatic N) is 2. The number of hydrogen-bond donors (Lipinski definition) is 2. The van der Waals surface area contributed by atoms with Gasteiger partial charge in [-0.05, 0) is 46.0 Å². The van der Waals surface area contributed by atoms with Crippen molar-refractivity contribution in [2.75, 3.05) is 32.8 Å². The van der Waals surface area contributed by atoms with Crippen molar-refractivity contribution >= 4 is 41.8 Å². The van der Waals surface area contributed by atoms with E-state index in [1.165, 1.54) is 12.8 Å². The first kappa shape index (κ1) is 28.0. The highest BCUT2D eigenvalue weighted by atomic mass is 127. The number of nitrogens with one attached hydrogen (secondary N) is 2. The summed E-state index contributed by atoms with van der Waals surface area (Å²) in [5.74, 6) is 1.41. The highest BCUT2D eigenvalue weighted by Crippen LogP contribution is 2.27. The summed E-state index contributed by atoms with van der Waals surface area (Å²) in [7, 11) is 0. The van der Waals surface area contributed by atoms with Crippen LogP contribution < -0.4 is 10.6 Å². The molecule has 180 valence electrons. The molecule has 0 radical (unpaired) electrons. The van der Waals surface area contributed by atoms with Gasteiger partial charge < -0.3 is 20.3 Å². The van der Waals surface area contributed by atoms with E-state index in [2.05, 4.69) is 17.6 Å². The maximum atomic E-state index is 12.6. The van der Waals surface area contributed by atoms with Gasteiger partial charge in [-0.15, -0.1) is 24.0 Å². The molecule has 1 saturated carbocycles. The van der Waals surface area contributed by atoms with Gasteiger partial charge >= 0.3 is 5.97 Å². The lowest BCUT2D eigenvalue weighted by Crippen LogP contribution is -2.45. The van der Waals surface area contributed by atoms with Crippen LogP contribution in [0, 0.1) is 5.92 Å². The molecule has 1 saturated heterocycles. The van der Waals surface area contributed by atoms with Gasteiger partial charge in [0.05, 0.1) is 6.61 Å². The van der Waals surface area contributed by atoms with Gasteiger partial charge in [0.2, 0.25) is 5.91 Å². The standard InChI is InChI=1S/C23H42N4O3.HI/c1-3-24-23(25-16-11-7-5-6-8-14-21(28)30-4-2)26-20-15-17-27(18-20)22(29)19-12-9-10-13-19;/h19-20H,3-18H2,1-2H3,(H2,24,25,26);1H. The summed E-state index contributed by atoms with van der Waals surface area (Å²) in [4.78, 5) is 30.7. The Kier molecular flexibility index (Phi) is 14.9. The largest absolute Gasteiger partial charge is 0.466 e. The average Bonchev–Trinajstić information content (AvgIpc) is 3.42. The summed E-state index contributed by atoms with van der Waals surface area (Å²) < 4.78 is 4.94. The van der Waals surface area contributed by atoms with Crippen LogP contribution in [0.4, 0.5) is 0 Å². The molecule has 7 nitrogen and oxygen atoms in total. The molecule has 1 unspecified atom stereocenters. The zero-order chi connectivity index (χ0) is 21.6. The Morgan fingerprint density at radius 1 is 1.03 bits per heavy atom. The number of aliphatic imine (C=N–C) groups is 1. The highest BCUT2D eigenvalue weighted by molar-refractivity contribution is 14.0. The van der Waals surface area contributed by atoms with Crippen LogP contribution in [0.3, 0.4) is 0 Å². The quantitative estimate of drug-likeness (QED) is 0.127. The predicted octanol–water partition coefficient (Wildman–Crippen LogP) is 3.85. The maximum absolute atomic E-state index is 12.6. The first-order chi connectivity index (χ1) is 14.6. The summed E-state index contributed by atoms with van der Waals surface area (Å²) in [6.07, 6.45) is 11.3. The van der Waals surface area contributed by atoms with Crippen LogP contribution in [0.25, 0.3) is 0 Å². The van der Waals surface area contributed by atoms with Gasteiger partial charge in [0.1, 0.15) is 0 Å². The van der Waals surface area contributed by atoms with Crippen LogP contribution >= 0.6 is 24.0 Å². The van der Waals surface area contributed by atoms with E-state index in [0.29, 0.717) is 18.9 Å². The average molecular weight is 551 g/mol. The molecule has 2 aliphatic rings. The number of carbonyl (C=O) groups is 2. The van der Waals surface area contributed by atoms with Gasteiger partial charge in [0.25, 0.3) is 0 Å². The number of halogens is 1. The van der Waals surface area contributed by atoms with Crippen molar-refractivity contribution in [1.82, 2.24) is 15.5 Å². The van der Waals surface area contributed by atoms with E-state index < -0.39 is 0 Å². The van der Waals surface area contributed by atoms with Crippen molar-refractivity contribution in [2.45, 2.75) is 90.5 Å². The molecule has 1 atom stereocenters. The third-order valence-electron chi connectivity index (χ3n) is 6.00. The Balaban J connectivity index is 0.00000480. The van der Waals surface area contributed by atoms with E-state index >= 15 is 0 Å². The van der Waals surface area contributed by atoms with Crippen molar-refractivity contribution in [2.24, 2.45) is 10.9 Å². The SMILES string of the molecule is CCNC(=NCCCCCCCC(=O)OCC)NC1CCN(C(=O)C2CCCC2)C1.I. The van der Waals surface area contributed by atoms with Crippen molar-refractivity contribution < 1.29 is 14.3 Å². The lowest BCUT2D eigenvalue weighted by molar-refractivity contribution is -0.143. The van der Waals surface area contributed by atoms with Crippen LogP contribution in [0.1, 0.15) is 84.5 Å². The normalized spacial score (nSPS) is 19.2. The number of likely N-dealkylation sites (tertiary alicyclic amines) is 1. The second-order valence-electron chi connectivity index (χ2n) is 8.48. The number of esters is 1. The minimum absolute atomic E-state index is 0. The molecule has 1 aliphatic carbocycles. The highest BCUT2D eigenvalue weighted by Gasteiger charge is 2.32. The van der Waals surface area contributed by atoms with Gasteiger partial charge in [-0.1, -0.05) is 32.1 Å². The molecule has 1 amide bonds. The lowest BCUT2D eigenvalue weighted by Gasteiger charge is -2.21. The zero-order valence-corrected chi connectivity index (χ0v) is 21.8. The molecule has 1 heterocycles. The number of amides is 1. The van der Waals surface area contributed by atoms with Crippen molar-refractivity contribution in [1.29, 1.82) is 0 Å². The Morgan fingerprint density at radius 3 is 2.45 bits per heavy atom. The Morgan fingerprint density at radius 2 is 1.74 bits per heavy atom. The van der Waals surface area contributed by atoms with Crippen molar-refractivity contribution in [3.8, 4) is 0 Å². The van der Waals surface area contributed by atoms with Gasteiger partial charge in [0, 0.05) is 44.6 Å². The molecular formula is C23H43IN4O3. The minimum Gasteiger partial charge on any atom is -0.466 e. The molecule has 0 spiro atoms. The Hall–Kier alpha value is -1.06. The third-order valence-corrected chi connectivity index (χ3v) is 6.00. The van der Waals surface area contributed by atoms with Crippen molar-refractivity contribution in [3.05, 3.63) is 0 Å². The number of guanidine groups is 1. The Labute approximate surface area is 205 Å². The topological polar surface area (TPSA) is 83.0 Å². The maximum Gasteiger partial charge on any atom is 0.305 e. The molecule has 0 aromatic heterocycles. The molecule has 0 bridgehead atoms. The number of unbranched alkanes of at least 4 members (excludes halogenated alkanes) is 4. The third kappa shape index (κ3) is 10.9. The van der Waals surface area contributed by atoms with Crippen molar-refractivity contribution in [3.63, 3.8) is 0 Å². The lowest BCUT2D eigenvalue weighted by atomic mass is 10.1. The first-order valence-electron chi connectivity index (χ1n) is 12.1. The van der Waals surface area contributed by atoms with E-state index in [4.69, 9.17) is 9.73 Å². The van der Waals surface area contributed by atoms with Gasteiger partial charge in [-0.2, -0.15) is 0 Å². The summed E-state index contributed by atoms with van der Waals surface area (Å²) >= 11 is 0. The second kappa shape index (κ2) is 16.6. The fourth-order valence-corrected chi connectivity index (χ4v) is 4.36. The first-order valence-corrected chi connectivity index (χ1v) is 12.1. The number of hydrogen-bond acceptors (Lipinski definition) is 4. The monoisotopic (exact) mass is 550 g/mol. The van der Waals surface area contributed by atoms with Crippen LogP contribution in [-0.2, 0) is 14.3 Å². The van der Waals surface area contributed by atoms with Crippen LogP contribution in [0.2, 0.25) is 0 Å².